The summed E-state index contributed by atoms with van der Waals surface area (Å²) in [5.41, 5.74) is 2.06. The molecule has 1 saturated heterocycles. The van der Waals surface area contributed by atoms with Crippen LogP contribution in [0, 0.1) is 6.92 Å². The topological polar surface area (TPSA) is 47.6 Å². The van der Waals surface area contributed by atoms with Crippen molar-refractivity contribution in [3.63, 3.8) is 0 Å². The van der Waals surface area contributed by atoms with Crippen LogP contribution in [0.5, 0.6) is 5.75 Å². The fraction of sp³-hybridized carbons (Fsp3) is 0.533. The van der Waals surface area contributed by atoms with Gasteiger partial charge in [-0.3, -0.25) is 4.79 Å². The van der Waals surface area contributed by atoms with Crippen molar-refractivity contribution in [1.29, 1.82) is 0 Å². The molecule has 104 valence electrons. The highest BCUT2D eigenvalue weighted by Crippen LogP contribution is 2.19. The van der Waals surface area contributed by atoms with Crippen LogP contribution in [0.25, 0.3) is 0 Å². The number of rotatable bonds is 5. The number of carbonyl (C=O) groups is 1. The molecule has 1 fully saturated rings. The molecular weight excluding hydrogens is 242 g/mol. The molecular formula is C15H21NO3. The van der Waals surface area contributed by atoms with E-state index in [-0.39, 0.29) is 12.0 Å². The van der Waals surface area contributed by atoms with E-state index in [4.69, 9.17) is 9.47 Å². The summed E-state index contributed by atoms with van der Waals surface area (Å²) in [4.78, 5) is 11.8. The molecule has 1 N–H and O–H groups in total. The van der Waals surface area contributed by atoms with E-state index < -0.39 is 0 Å². The third-order valence-electron chi connectivity index (χ3n) is 3.27. The van der Waals surface area contributed by atoms with Crippen molar-refractivity contribution >= 4 is 5.97 Å². The predicted octanol–water partition coefficient (Wildman–Crippen LogP) is 2.19. The summed E-state index contributed by atoms with van der Waals surface area (Å²) in [6, 6.07) is 5.74. The highest BCUT2D eigenvalue weighted by atomic mass is 16.5. The molecule has 1 atom stereocenters. The van der Waals surface area contributed by atoms with Crippen molar-refractivity contribution in [3.8, 4) is 5.75 Å². The fourth-order valence-corrected chi connectivity index (χ4v) is 2.26. The van der Waals surface area contributed by atoms with Gasteiger partial charge < -0.3 is 14.8 Å². The molecule has 0 amide bonds. The van der Waals surface area contributed by atoms with Gasteiger partial charge in [0.2, 0.25) is 0 Å². The first-order valence-corrected chi connectivity index (χ1v) is 6.83. The molecule has 1 aromatic carbocycles. The van der Waals surface area contributed by atoms with Crippen molar-refractivity contribution in [2.45, 2.75) is 39.3 Å². The Morgan fingerprint density at radius 3 is 2.95 bits per heavy atom. The lowest BCUT2D eigenvalue weighted by molar-refractivity contribution is -0.147. The average molecular weight is 263 g/mol. The van der Waals surface area contributed by atoms with Crippen LogP contribution in [0.1, 0.15) is 30.9 Å². The highest BCUT2D eigenvalue weighted by Gasteiger charge is 2.23. The quantitative estimate of drug-likeness (QED) is 0.827. The Labute approximate surface area is 114 Å². The third kappa shape index (κ3) is 3.70. The van der Waals surface area contributed by atoms with Crippen LogP contribution in [0.15, 0.2) is 18.2 Å². The maximum atomic E-state index is 11.8. The second kappa shape index (κ2) is 6.57. The first-order chi connectivity index (χ1) is 9.20. The fourth-order valence-electron chi connectivity index (χ4n) is 2.26. The SMILES string of the molecule is CCOc1ccc(COC(=O)C2CCCN2)cc1C. The molecule has 0 spiro atoms. The zero-order valence-corrected chi connectivity index (χ0v) is 11.6. The van der Waals surface area contributed by atoms with Gasteiger partial charge in [-0.2, -0.15) is 0 Å². The average Bonchev–Trinajstić information content (AvgIpc) is 2.93. The Morgan fingerprint density at radius 2 is 2.32 bits per heavy atom. The number of carbonyl (C=O) groups excluding carboxylic acids is 1. The number of esters is 1. The third-order valence-corrected chi connectivity index (χ3v) is 3.27. The summed E-state index contributed by atoms with van der Waals surface area (Å²) >= 11 is 0. The Kier molecular flexibility index (Phi) is 4.80. The molecule has 0 aromatic heterocycles. The van der Waals surface area contributed by atoms with Crippen molar-refractivity contribution in [1.82, 2.24) is 5.32 Å². The number of benzene rings is 1. The van der Waals surface area contributed by atoms with Crippen molar-refractivity contribution in [2.75, 3.05) is 13.2 Å². The molecule has 0 radical (unpaired) electrons. The summed E-state index contributed by atoms with van der Waals surface area (Å²) < 4.78 is 10.8. The van der Waals surface area contributed by atoms with Gasteiger partial charge >= 0.3 is 5.97 Å². The van der Waals surface area contributed by atoms with E-state index in [9.17, 15) is 4.79 Å². The van der Waals surface area contributed by atoms with Crippen LogP contribution in [0.2, 0.25) is 0 Å². The summed E-state index contributed by atoms with van der Waals surface area (Å²) in [5, 5.41) is 3.14. The number of ether oxygens (including phenoxy) is 2. The summed E-state index contributed by atoms with van der Waals surface area (Å²) in [6.07, 6.45) is 1.92. The van der Waals surface area contributed by atoms with Crippen LogP contribution in [-0.4, -0.2) is 25.2 Å². The van der Waals surface area contributed by atoms with E-state index in [1.54, 1.807) is 0 Å². The van der Waals surface area contributed by atoms with Gasteiger partial charge in [0.05, 0.1) is 6.61 Å². The van der Waals surface area contributed by atoms with Gasteiger partial charge in [0.25, 0.3) is 0 Å². The molecule has 1 unspecified atom stereocenters. The Bertz CT molecular complexity index is 439. The van der Waals surface area contributed by atoms with Crippen LogP contribution in [0.4, 0.5) is 0 Å². The minimum atomic E-state index is -0.149. The van der Waals surface area contributed by atoms with Crippen molar-refractivity contribution in [3.05, 3.63) is 29.3 Å². The van der Waals surface area contributed by atoms with Gasteiger partial charge in [-0.25, -0.2) is 0 Å². The van der Waals surface area contributed by atoms with Crippen molar-refractivity contribution in [2.24, 2.45) is 0 Å². The largest absolute Gasteiger partial charge is 0.494 e. The molecule has 19 heavy (non-hydrogen) atoms. The van der Waals surface area contributed by atoms with Crippen LogP contribution in [0.3, 0.4) is 0 Å². The zero-order valence-electron chi connectivity index (χ0n) is 11.6. The van der Waals surface area contributed by atoms with Crippen LogP contribution in [-0.2, 0) is 16.1 Å². The molecule has 1 heterocycles. The lowest BCUT2D eigenvalue weighted by Gasteiger charge is -2.12. The molecule has 4 heteroatoms. The second-order valence-electron chi connectivity index (χ2n) is 4.79. The number of nitrogens with one attached hydrogen (secondary N) is 1. The predicted molar refractivity (Wildman–Crippen MR) is 73.2 cm³/mol. The van der Waals surface area contributed by atoms with E-state index in [0.717, 1.165) is 36.3 Å². The van der Waals surface area contributed by atoms with Crippen molar-refractivity contribution < 1.29 is 14.3 Å². The van der Waals surface area contributed by atoms with E-state index >= 15 is 0 Å². The number of hydrogen-bond donors (Lipinski definition) is 1. The Hall–Kier alpha value is -1.55. The van der Waals surface area contributed by atoms with Crippen LogP contribution >= 0.6 is 0 Å². The minimum absolute atomic E-state index is 0.121. The van der Waals surface area contributed by atoms with Gasteiger partial charge in [-0.15, -0.1) is 0 Å². The lowest BCUT2D eigenvalue weighted by Crippen LogP contribution is -2.32. The zero-order chi connectivity index (χ0) is 13.7. The summed E-state index contributed by atoms with van der Waals surface area (Å²) in [7, 11) is 0. The molecule has 0 aliphatic carbocycles. The lowest BCUT2D eigenvalue weighted by atomic mass is 10.1. The minimum Gasteiger partial charge on any atom is -0.494 e. The number of aryl methyl sites for hydroxylation is 1. The van der Waals surface area contributed by atoms with E-state index in [1.807, 2.05) is 32.0 Å². The van der Waals surface area contributed by atoms with Gasteiger partial charge in [-0.05, 0) is 56.5 Å². The second-order valence-corrected chi connectivity index (χ2v) is 4.79. The molecule has 4 nitrogen and oxygen atoms in total. The first-order valence-electron chi connectivity index (χ1n) is 6.83. The maximum Gasteiger partial charge on any atom is 0.323 e. The highest BCUT2D eigenvalue weighted by molar-refractivity contribution is 5.76. The van der Waals surface area contributed by atoms with Gasteiger partial charge in [0.15, 0.2) is 0 Å². The maximum absolute atomic E-state index is 11.8. The normalized spacial score (nSPS) is 18.3. The Morgan fingerprint density at radius 1 is 1.47 bits per heavy atom. The molecule has 2 rings (SSSR count). The van der Waals surface area contributed by atoms with Crippen LogP contribution < -0.4 is 10.1 Å². The monoisotopic (exact) mass is 263 g/mol. The van der Waals surface area contributed by atoms with Gasteiger partial charge in [0.1, 0.15) is 18.4 Å². The summed E-state index contributed by atoms with van der Waals surface area (Å²) in [5.74, 6) is 0.735. The number of hydrogen-bond acceptors (Lipinski definition) is 4. The van der Waals surface area contributed by atoms with E-state index in [1.165, 1.54) is 0 Å². The van der Waals surface area contributed by atoms with Gasteiger partial charge in [-0.1, -0.05) is 6.07 Å². The summed E-state index contributed by atoms with van der Waals surface area (Å²) in [6.45, 7) is 5.84. The Balaban J connectivity index is 1.88. The standard InChI is InChI=1S/C15H21NO3/c1-3-18-14-7-6-12(9-11(14)2)10-19-15(17)13-5-4-8-16-13/h6-7,9,13,16H,3-5,8,10H2,1-2H3. The van der Waals surface area contributed by atoms with E-state index in [0.29, 0.717) is 13.2 Å². The molecule has 1 aliphatic rings. The van der Waals surface area contributed by atoms with Gasteiger partial charge in [0, 0.05) is 0 Å². The molecule has 0 saturated carbocycles. The van der Waals surface area contributed by atoms with E-state index in [2.05, 4.69) is 5.32 Å². The molecule has 1 aliphatic heterocycles. The molecule has 0 bridgehead atoms. The smallest absolute Gasteiger partial charge is 0.323 e. The molecule has 1 aromatic rings. The first kappa shape index (κ1) is 13.9.